The predicted octanol–water partition coefficient (Wildman–Crippen LogP) is 5.68. The number of hydrogen-bond donors (Lipinski definition) is 1. The van der Waals surface area contributed by atoms with Gasteiger partial charge in [-0.2, -0.15) is 0 Å². The highest BCUT2D eigenvalue weighted by molar-refractivity contribution is 7.11. The number of rotatable bonds is 5. The maximum atomic E-state index is 10.2. The zero-order chi connectivity index (χ0) is 20.5. The Morgan fingerprint density at radius 3 is 2.76 bits per heavy atom. The number of benzene rings is 2. The van der Waals surface area contributed by atoms with Crippen molar-refractivity contribution in [1.82, 2.24) is 14.5 Å². The first-order valence-electron chi connectivity index (χ1n) is 9.19. The van der Waals surface area contributed by atoms with Crippen LogP contribution >= 0.6 is 22.9 Å². The minimum absolute atomic E-state index is 0.0555. The van der Waals surface area contributed by atoms with Gasteiger partial charge in [-0.15, -0.1) is 11.3 Å². The number of fused-ring (bicyclic) bond motifs is 1. The van der Waals surface area contributed by atoms with E-state index in [0.717, 1.165) is 38.7 Å². The summed E-state index contributed by atoms with van der Waals surface area (Å²) in [6.45, 7) is 4.26. The fourth-order valence-corrected chi connectivity index (χ4v) is 4.22. The number of hydrogen-bond acceptors (Lipinski definition) is 5. The van der Waals surface area contributed by atoms with Crippen molar-refractivity contribution in [3.63, 3.8) is 0 Å². The highest BCUT2D eigenvalue weighted by Gasteiger charge is 2.18. The first kappa shape index (κ1) is 19.5. The van der Waals surface area contributed by atoms with Gasteiger partial charge in [-0.1, -0.05) is 23.7 Å². The van der Waals surface area contributed by atoms with Crippen LogP contribution < -0.4 is 4.74 Å². The number of aromatic hydroxyl groups is 1. The summed E-state index contributed by atoms with van der Waals surface area (Å²) in [4.78, 5) is 9.52. The highest BCUT2D eigenvalue weighted by atomic mass is 35.5. The second-order valence-corrected chi connectivity index (χ2v) is 7.88. The first-order chi connectivity index (χ1) is 14.0. The third-order valence-corrected chi connectivity index (χ3v) is 5.82. The lowest BCUT2D eigenvalue weighted by molar-refractivity contribution is 0.318. The van der Waals surface area contributed by atoms with Crippen LogP contribution in [0.15, 0.2) is 41.8 Å². The second-order valence-electron chi connectivity index (χ2n) is 6.62. The third-order valence-electron chi connectivity index (χ3n) is 4.54. The molecule has 0 unspecified atom stereocenters. The van der Waals surface area contributed by atoms with Gasteiger partial charge >= 0.3 is 0 Å². The molecule has 0 atom stereocenters. The Morgan fingerprint density at radius 2 is 2.07 bits per heavy atom. The normalized spacial score (nSPS) is 11.9. The minimum atomic E-state index is -0.0555. The summed E-state index contributed by atoms with van der Waals surface area (Å²) in [5.74, 6) is 1.11. The van der Waals surface area contributed by atoms with Crippen molar-refractivity contribution in [2.45, 2.75) is 13.8 Å². The van der Waals surface area contributed by atoms with Crippen molar-refractivity contribution >= 4 is 45.6 Å². The zero-order valence-corrected chi connectivity index (χ0v) is 17.9. The number of thiazole rings is 1. The number of imidazole rings is 1. The molecule has 4 aromatic rings. The van der Waals surface area contributed by atoms with E-state index in [0.29, 0.717) is 12.4 Å². The molecule has 29 heavy (non-hydrogen) atoms. The second kappa shape index (κ2) is 7.89. The molecule has 0 bridgehead atoms. The van der Waals surface area contributed by atoms with E-state index in [1.165, 1.54) is 0 Å². The molecule has 148 valence electrons. The number of aromatic nitrogens is 3. The van der Waals surface area contributed by atoms with Crippen molar-refractivity contribution in [2.75, 3.05) is 6.61 Å². The maximum Gasteiger partial charge on any atom is 0.176 e. The molecule has 2 heterocycles. The Morgan fingerprint density at radius 1 is 1.28 bits per heavy atom. The Kier molecular flexibility index (Phi) is 5.30. The van der Waals surface area contributed by atoms with Crippen molar-refractivity contribution in [3.05, 3.63) is 68.9 Å². The molecule has 0 spiro atoms. The Hall–Kier alpha value is -2.83. The summed E-state index contributed by atoms with van der Waals surface area (Å²) < 4.78 is 7.59. The molecule has 5 nitrogen and oxygen atoms in total. The van der Waals surface area contributed by atoms with E-state index in [4.69, 9.17) is 21.3 Å². The third kappa shape index (κ3) is 3.73. The van der Waals surface area contributed by atoms with Crippen LogP contribution in [-0.4, -0.2) is 26.2 Å². The molecule has 0 aliphatic carbocycles. The van der Waals surface area contributed by atoms with E-state index in [1.807, 2.05) is 56.6 Å². The van der Waals surface area contributed by atoms with E-state index in [2.05, 4.69) is 9.55 Å². The van der Waals surface area contributed by atoms with E-state index in [-0.39, 0.29) is 10.8 Å². The number of nitrogens with zero attached hydrogens (tertiary/aromatic N) is 3. The molecular weight excluding hydrogens is 406 g/mol. The van der Waals surface area contributed by atoms with E-state index < -0.39 is 0 Å². The van der Waals surface area contributed by atoms with Crippen LogP contribution in [0.5, 0.6) is 11.5 Å². The minimum Gasteiger partial charge on any atom is -0.503 e. The van der Waals surface area contributed by atoms with Gasteiger partial charge in [0.25, 0.3) is 0 Å². The molecule has 0 radical (unpaired) electrons. The number of phenols is 1. The Balaban J connectivity index is 1.93. The number of aryl methyl sites for hydroxylation is 2. The molecule has 0 aliphatic heterocycles. The van der Waals surface area contributed by atoms with Crippen molar-refractivity contribution in [1.29, 1.82) is 0 Å². The summed E-state index contributed by atoms with van der Waals surface area (Å²) in [7, 11) is 1.99. The van der Waals surface area contributed by atoms with Crippen LogP contribution in [0.4, 0.5) is 0 Å². The Labute approximate surface area is 177 Å². The fraction of sp³-hybridized carbons (Fsp3) is 0.182. The van der Waals surface area contributed by atoms with E-state index >= 15 is 0 Å². The maximum absolute atomic E-state index is 10.2. The van der Waals surface area contributed by atoms with Gasteiger partial charge in [-0.25, -0.2) is 9.97 Å². The van der Waals surface area contributed by atoms with Gasteiger partial charge in [-0.05, 0) is 49.8 Å². The van der Waals surface area contributed by atoms with Crippen LogP contribution in [-0.2, 0) is 7.05 Å². The first-order valence-corrected chi connectivity index (χ1v) is 10.4. The molecule has 4 rings (SSSR count). The summed E-state index contributed by atoms with van der Waals surface area (Å²) in [5.41, 5.74) is 4.59. The molecule has 1 N–H and O–H groups in total. The molecule has 7 heteroatoms. The topological polar surface area (TPSA) is 60.2 Å². The summed E-state index contributed by atoms with van der Waals surface area (Å²) >= 11 is 7.80. The zero-order valence-electron chi connectivity index (χ0n) is 16.3. The van der Waals surface area contributed by atoms with E-state index in [1.54, 1.807) is 23.5 Å². The van der Waals surface area contributed by atoms with Crippen molar-refractivity contribution in [3.8, 4) is 11.5 Å². The average Bonchev–Trinajstić information content (AvgIpc) is 3.28. The SMILES string of the molecule is CCOc1cc(/C=C(\c2nc(C)cs2)c2nc3ccccc3n2C)cc(Cl)c1O. The van der Waals surface area contributed by atoms with Crippen LogP contribution in [0.25, 0.3) is 22.7 Å². The molecule has 0 fully saturated rings. The van der Waals surface area contributed by atoms with Gasteiger partial charge in [0.2, 0.25) is 0 Å². The lowest BCUT2D eigenvalue weighted by Gasteiger charge is -2.10. The summed E-state index contributed by atoms with van der Waals surface area (Å²) in [6.07, 6.45) is 1.98. The van der Waals surface area contributed by atoms with Crippen LogP contribution in [0, 0.1) is 6.92 Å². The van der Waals surface area contributed by atoms with Gasteiger partial charge in [0.1, 0.15) is 10.8 Å². The largest absolute Gasteiger partial charge is 0.503 e. The molecule has 2 aromatic carbocycles. The smallest absolute Gasteiger partial charge is 0.176 e. The van der Waals surface area contributed by atoms with Gasteiger partial charge in [0.05, 0.1) is 28.2 Å². The lowest BCUT2D eigenvalue weighted by Crippen LogP contribution is -1.99. The highest BCUT2D eigenvalue weighted by Crippen LogP contribution is 2.37. The van der Waals surface area contributed by atoms with Crippen LogP contribution in [0.2, 0.25) is 5.02 Å². The fourth-order valence-electron chi connectivity index (χ4n) is 3.20. The molecule has 0 saturated heterocycles. The molecular formula is C22H20ClN3O2S. The van der Waals surface area contributed by atoms with Gasteiger partial charge in [0.15, 0.2) is 11.5 Å². The molecule has 0 aliphatic rings. The van der Waals surface area contributed by atoms with Crippen molar-refractivity contribution in [2.24, 2.45) is 7.05 Å². The number of halogens is 1. The predicted molar refractivity (Wildman–Crippen MR) is 119 cm³/mol. The number of phenolic OH excluding ortho intramolecular Hbond substituents is 1. The lowest BCUT2D eigenvalue weighted by atomic mass is 10.1. The van der Waals surface area contributed by atoms with Crippen molar-refractivity contribution < 1.29 is 9.84 Å². The molecule has 0 saturated carbocycles. The average molecular weight is 426 g/mol. The molecule has 0 amide bonds. The quantitative estimate of drug-likeness (QED) is 0.446. The van der Waals surface area contributed by atoms with Crippen LogP contribution in [0.1, 0.15) is 29.0 Å². The summed E-state index contributed by atoms with van der Waals surface area (Å²) in [5, 5.41) is 13.3. The van der Waals surface area contributed by atoms with Gasteiger partial charge in [-0.3, -0.25) is 0 Å². The number of para-hydroxylation sites is 2. The van der Waals surface area contributed by atoms with Gasteiger partial charge in [0, 0.05) is 18.1 Å². The number of ether oxygens (including phenoxy) is 1. The van der Waals surface area contributed by atoms with Gasteiger partial charge < -0.3 is 14.4 Å². The summed E-state index contributed by atoms with van der Waals surface area (Å²) in [6, 6.07) is 11.5. The Bertz CT molecular complexity index is 1230. The monoisotopic (exact) mass is 425 g/mol. The van der Waals surface area contributed by atoms with E-state index in [9.17, 15) is 5.11 Å². The standard InChI is InChI=1S/C22H20ClN3O2S/c1-4-28-19-11-14(10-16(23)20(19)27)9-15(22-24-13(2)12-29-22)21-25-17-7-5-6-8-18(17)26(21)3/h5-12,27H,4H2,1-3H3/b15-9-. The molecule has 2 aromatic heterocycles. The van der Waals surface area contributed by atoms with Crippen LogP contribution in [0.3, 0.4) is 0 Å².